The van der Waals surface area contributed by atoms with E-state index in [-0.39, 0.29) is 55.7 Å². The summed E-state index contributed by atoms with van der Waals surface area (Å²) in [6.07, 6.45) is -1.98. The summed E-state index contributed by atoms with van der Waals surface area (Å²) < 4.78 is 75.1. The highest BCUT2D eigenvalue weighted by molar-refractivity contribution is 6.39. The quantitative estimate of drug-likeness (QED) is 0.122. The first kappa shape index (κ1) is 56.9. The fraction of sp³-hybridized carbons (Fsp3) is 0.712. The number of benzene rings is 1. The van der Waals surface area contributed by atoms with E-state index in [0.717, 1.165) is 34.7 Å². The van der Waals surface area contributed by atoms with Crippen LogP contribution >= 0.6 is 0 Å². The van der Waals surface area contributed by atoms with E-state index < -0.39 is 108 Å². The van der Waals surface area contributed by atoms with Gasteiger partial charge >= 0.3 is 12.1 Å². The highest BCUT2D eigenvalue weighted by atomic mass is 19.4. The number of esters is 1. The highest BCUT2D eigenvalue weighted by Crippen LogP contribution is 2.40. The van der Waals surface area contributed by atoms with Crippen molar-refractivity contribution in [1.29, 1.82) is 0 Å². The number of aliphatic hydroxyl groups is 2. The number of anilines is 1. The number of methoxy groups -OCH3 is 3. The number of halogens is 3. The average molecular weight is 993 g/mol. The molecule has 15 nitrogen and oxygen atoms in total. The normalized spacial score (nSPS) is 35.7. The number of rotatable bonds is 10. The van der Waals surface area contributed by atoms with E-state index in [1.165, 1.54) is 21.3 Å². The minimum atomic E-state index is -4.51. The number of nitrogens with zero attached hydrogens (tertiary/aromatic N) is 1. The number of piperidine rings is 1. The van der Waals surface area contributed by atoms with Crippen LogP contribution in [0.4, 0.5) is 18.9 Å². The van der Waals surface area contributed by atoms with Gasteiger partial charge in [0.1, 0.15) is 30.6 Å². The van der Waals surface area contributed by atoms with Crippen molar-refractivity contribution in [3.8, 4) is 0 Å². The summed E-state index contributed by atoms with van der Waals surface area (Å²) in [5.41, 5.74) is 0.874. The Morgan fingerprint density at radius 1 is 0.914 bits per heavy atom. The van der Waals surface area contributed by atoms with Crippen molar-refractivity contribution in [2.45, 2.75) is 173 Å². The second-order valence-corrected chi connectivity index (χ2v) is 20.1. The smallest absolute Gasteiger partial charge is 0.416 e. The molecule has 1 aromatic carbocycles. The Balaban J connectivity index is 1.41. The Kier molecular flexibility index (Phi) is 20.4. The van der Waals surface area contributed by atoms with E-state index in [1.807, 2.05) is 32.9 Å². The predicted molar refractivity (Wildman–Crippen MR) is 252 cm³/mol. The Morgan fingerprint density at radius 2 is 1.57 bits per heavy atom. The van der Waals surface area contributed by atoms with Crippen LogP contribution in [0.3, 0.4) is 0 Å². The maximum absolute atomic E-state index is 14.5. The molecule has 14 atom stereocenters. The molecule has 2 saturated heterocycles. The van der Waals surface area contributed by atoms with E-state index in [1.54, 1.807) is 20.8 Å². The van der Waals surface area contributed by atoms with Gasteiger partial charge in [0.2, 0.25) is 11.7 Å². The first-order valence-electron chi connectivity index (χ1n) is 24.7. The van der Waals surface area contributed by atoms with Crippen molar-refractivity contribution in [1.82, 2.24) is 4.90 Å². The van der Waals surface area contributed by atoms with Gasteiger partial charge in [0.15, 0.2) is 0 Å². The number of Topliss-reactive ketones (excluding diaryl/α,β-unsaturated/α-hetero) is 2. The van der Waals surface area contributed by atoms with Crippen molar-refractivity contribution in [3.63, 3.8) is 0 Å². The van der Waals surface area contributed by atoms with Crippen molar-refractivity contribution in [3.05, 3.63) is 53.1 Å². The molecular weight excluding hydrogens is 918 g/mol. The van der Waals surface area contributed by atoms with E-state index >= 15 is 0 Å². The molecule has 3 aliphatic heterocycles. The number of alkyl halides is 3. The van der Waals surface area contributed by atoms with Crippen LogP contribution in [-0.2, 0) is 58.6 Å². The van der Waals surface area contributed by atoms with Gasteiger partial charge in [-0.2, -0.15) is 13.2 Å². The summed E-state index contributed by atoms with van der Waals surface area (Å²) in [6.45, 7) is 10.6. The predicted octanol–water partition coefficient (Wildman–Crippen LogP) is 7.15. The monoisotopic (exact) mass is 993 g/mol. The van der Waals surface area contributed by atoms with E-state index in [9.17, 15) is 47.4 Å². The fourth-order valence-electron chi connectivity index (χ4n) is 10.7. The van der Waals surface area contributed by atoms with Gasteiger partial charge in [-0.1, -0.05) is 45.4 Å². The van der Waals surface area contributed by atoms with Gasteiger partial charge in [-0.05, 0) is 120 Å². The molecule has 1 saturated carbocycles. The molecule has 1 unspecified atom stereocenters. The zero-order valence-corrected chi connectivity index (χ0v) is 42.1. The maximum Gasteiger partial charge on any atom is 0.416 e. The maximum atomic E-state index is 14.5. The number of fused-ring (bicyclic) bond motifs is 3. The van der Waals surface area contributed by atoms with Gasteiger partial charge < -0.3 is 48.9 Å². The summed E-state index contributed by atoms with van der Waals surface area (Å²) in [5, 5.41) is 26.5. The molecule has 5 rings (SSSR count). The number of ketones is 2. The van der Waals surface area contributed by atoms with Crippen LogP contribution in [0.5, 0.6) is 0 Å². The lowest BCUT2D eigenvalue weighted by atomic mass is 9.81. The van der Waals surface area contributed by atoms with Crippen LogP contribution < -0.4 is 5.32 Å². The molecule has 0 spiro atoms. The Bertz CT molecular complexity index is 2030. The fourth-order valence-corrected chi connectivity index (χ4v) is 10.7. The van der Waals surface area contributed by atoms with Gasteiger partial charge in [0.05, 0.1) is 36.1 Å². The number of carbonyl (C=O) groups is 5. The first-order chi connectivity index (χ1) is 33.0. The van der Waals surface area contributed by atoms with Crippen molar-refractivity contribution in [2.75, 3.05) is 39.8 Å². The number of hydrogen-bond donors (Lipinski definition) is 3. The molecule has 3 heterocycles. The Morgan fingerprint density at radius 3 is 2.20 bits per heavy atom. The van der Waals surface area contributed by atoms with Gasteiger partial charge in [-0.15, -0.1) is 0 Å². The summed E-state index contributed by atoms with van der Waals surface area (Å²) in [6, 6.07) is 2.88. The molecule has 4 aliphatic rings. The second kappa shape index (κ2) is 25.1. The number of ether oxygens (including phenoxy) is 6. The SMILES string of the molecule is CC[C@@H]1/C=C(\C)C[C@H](C)C[C@H](OC)[C@H]2O[C@@](O)(C(=O)C(=O)N3CCCC[C@H]3C(=O)O[C@H](/C(C)=C/C3CC[C@@H](OCC(=O)Nc4ccc(C(F)(F)F)cc4)[C@H](OC)C3)[C@H](C)[C@@H](O)CC1=O)[C@H](C)C[C@@H]2OC. The van der Waals surface area contributed by atoms with Crippen molar-refractivity contribution >= 4 is 35.0 Å². The molecule has 1 aliphatic carbocycles. The third-order valence-electron chi connectivity index (χ3n) is 14.8. The number of aliphatic hydroxyl groups excluding tert-OH is 1. The zero-order chi connectivity index (χ0) is 51.7. The molecule has 2 amide bonds. The number of allylic oxidation sites excluding steroid dienone is 3. The second-order valence-electron chi connectivity index (χ2n) is 20.1. The Labute approximate surface area is 410 Å². The third kappa shape index (κ3) is 14.1. The number of hydrogen-bond acceptors (Lipinski definition) is 13. The molecule has 18 heteroatoms. The van der Waals surface area contributed by atoms with Crippen molar-refractivity contribution < 1.29 is 75.8 Å². The van der Waals surface area contributed by atoms with Gasteiger partial charge in [-0.25, -0.2) is 4.79 Å². The van der Waals surface area contributed by atoms with E-state index in [0.29, 0.717) is 56.9 Å². The minimum Gasteiger partial charge on any atom is -0.456 e. The van der Waals surface area contributed by atoms with E-state index in [2.05, 4.69) is 5.32 Å². The zero-order valence-electron chi connectivity index (χ0n) is 42.1. The molecule has 392 valence electrons. The summed E-state index contributed by atoms with van der Waals surface area (Å²) >= 11 is 0. The molecule has 3 N–H and O–H groups in total. The van der Waals surface area contributed by atoms with Crippen LogP contribution in [0.15, 0.2) is 47.6 Å². The molecule has 2 bridgehead atoms. The van der Waals surface area contributed by atoms with Gasteiger partial charge in [0, 0.05) is 57.7 Å². The molecule has 0 radical (unpaired) electrons. The Hall–Kier alpha value is -4.04. The highest BCUT2D eigenvalue weighted by Gasteiger charge is 2.56. The topological polar surface area (TPSA) is 196 Å². The first-order valence-corrected chi connectivity index (χ1v) is 24.7. The summed E-state index contributed by atoms with van der Waals surface area (Å²) in [5.74, 6) is -8.73. The number of nitrogens with one attached hydrogen (secondary N) is 1. The van der Waals surface area contributed by atoms with Crippen LogP contribution in [0.1, 0.15) is 118 Å². The lowest BCUT2D eigenvalue weighted by molar-refractivity contribution is -0.302. The lowest BCUT2D eigenvalue weighted by Crippen LogP contribution is -2.64. The molecule has 70 heavy (non-hydrogen) atoms. The van der Waals surface area contributed by atoms with Crippen LogP contribution in [-0.4, -0.2) is 134 Å². The van der Waals surface area contributed by atoms with Crippen molar-refractivity contribution in [2.24, 2.45) is 29.6 Å². The van der Waals surface area contributed by atoms with Gasteiger partial charge in [0.25, 0.3) is 11.7 Å². The van der Waals surface area contributed by atoms with Crippen LogP contribution in [0.25, 0.3) is 0 Å². The standard InChI is InChI=1S/C52H75F3N2O13/c1-10-35-22-29(2)21-30(3)23-43(66-8)47-44(67-9)25-32(5)51(64,70-47)48(61)49(62)57-20-12-11-13-38(57)50(63)69-46(33(6)39(58)27-40(35)59)31(4)24-34-14-19-41(42(26-34)65-7)68-28-45(60)56-37-17-15-36(16-18-37)52(53,54)55/h15-18,22,24,30,32-35,38-39,41-44,46-47,58,64H,10-14,19-21,23,25-28H2,1-9H3,(H,56,60)/b29-22+,31-24+/t30-,32+,33+,34?,35+,38-,39-,41+,42+,43-,44-,46+,47+,51+/m0/s1. The molecule has 3 fully saturated rings. The number of cyclic esters (lactones) is 1. The van der Waals surface area contributed by atoms with E-state index in [4.69, 9.17) is 28.4 Å². The lowest BCUT2D eigenvalue weighted by Gasteiger charge is -2.47. The van der Waals surface area contributed by atoms with Crippen LogP contribution in [0, 0.1) is 29.6 Å². The number of amides is 2. The largest absolute Gasteiger partial charge is 0.456 e. The third-order valence-corrected chi connectivity index (χ3v) is 14.8. The van der Waals surface area contributed by atoms with Crippen LogP contribution in [0.2, 0.25) is 0 Å². The minimum absolute atomic E-state index is 0.0100. The summed E-state index contributed by atoms with van der Waals surface area (Å²) in [4.78, 5) is 71.1. The average Bonchev–Trinajstić information content (AvgIpc) is 3.32. The summed E-state index contributed by atoms with van der Waals surface area (Å²) in [7, 11) is 4.54. The van der Waals surface area contributed by atoms with Gasteiger partial charge in [-0.3, -0.25) is 19.2 Å². The molecule has 1 aromatic rings. The molecular formula is C52H75F3N2O13. The molecule has 0 aromatic heterocycles. The number of carbonyl (C=O) groups excluding carboxylic acids is 5.